The van der Waals surface area contributed by atoms with E-state index in [9.17, 15) is 9.59 Å². The van der Waals surface area contributed by atoms with Gasteiger partial charge in [-0.15, -0.1) is 0 Å². The van der Waals surface area contributed by atoms with Crippen molar-refractivity contribution >= 4 is 29.4 Å². The molecule has 0 saturated heterocycles. The average molecular weight is 296 g/mol. The molecule has 0 heterocycles. The second-order valence-electron chi connectivity index (χ2n) is 4.43. The molecule has 0 radical (unpaired) electrons. The van der Waals surface area contributed by atoms with Crippen molar-refractivity contribution in [3.05, 3.63) is 29.8 Å². The molecule has 0 aromatic heterocycles. The zero-order valence-electron chi connectivity index (χ0n) is 11.9. The number of urea groups is 1. The molecule has 0 aliphatic rings. The van der Waals surface area contributed by atoms with Gasteiger partial charge in [0, 0.05) is 11.8 Å². The van der Waals surface area contributed by atoms with Crippen LogP contribution in [0.1, 0.15) is 24.2 Å². The number of hydrogen-bond acceptors (Lipinski definition) is 4. The van der Waals surface area contributed by atoms with E-state index in [4.69, 9.17) is 4.74 Å². The maximum Gasteiger partial charge on any atom is 0.340 e. The van der Waals surface area contributed by atoms with E-state index in [2.05, 4.69) is 10.6 Å². The van der Waals surface area contributed by atoms with Crippen LogP contribution < -0.4 is 10.6 Å². The number of carbonyl (C=O) groups excluding carboxylic acids is 2. The Morgan fingerprint density at radius 1 is 1.30 bits per heavy atom. The van der Waals surface area contributed by atoms with Crippen LogP contribution in [0.2, 0.25) is 0 Å². The first-order chi connectivity index (χ1) is 9.54. The molecule has 0 fully saturated rings. The average Bonchev–Trinajstić information content (AvgIpc) is 2.38. The van der Waals surface area contributed by atoms with Gasteiger partial charge in [-0.1, -0.05) is 12.1 Å². The van der Waals surface area contributed by atoms with Crippen LogP contribution in [0.15, 0.2) is 24.3 Å². The first kappa shape index (κ1) is 16.4. The van der Waals surface area contributed by atoms with Gasteiger partial charge in [-0.25, -0.2) is 9.59 Å². The third kappa shape index (κ3) is 5.52. The van der Waals surface area contributed by atoms with Crippen LogP contribution in [-0.4, -0.2) is 36.7 Å². The summed E-state index contributed by atoms with van der Waals surface area (Å²) in [5.41, 5.74) is 0.798. The van der Waals surface area contributed by atoms with Crippen molar-refractivity contribution in [2.24, 2.45) is 0 Å². The molecule has 2 N–H and O–H groups in total. The van der Waals surface area contributed by atoms with Crippen molar-refractivity contribution < 1.29 is 14.3 Å². The van der Waals surface area contributed by atoms with Crippen LogP contribution >= 0.6 is 11.8 Å². The Morgan fingerprint density at radius 3 is 2.65 bits per heavy atom. The Bertz CT molecular complexity index is 463. The van der Waals surface area contributed by atoms with E-state index in [-0.39, 0.29) is 12.1 Å². The number of ether oxygens (including phenoxy) is 1. The van der Waals surface area contributed by atoms with Crippen LogP contribution in [0.25, 0.3) is 0 Å². The number of hydrogen-bond donors (Lipinski definition) is 2. The molecular weight excluding hydrogens is 276 g/mol. The molecular formula is C14H20N2O3S. The minimum absolute atomic E-state index is 0.0238. The van der Waals surface area contributed by atoms with Crippen LogP contribution in [-0.2, 0) is 4.74 Å². The monoisotopic (exact) mass is 296 g/mol. The normalized spacial score (nSPS) is 10.2. The van der Waals surface area contributed by atoms with E-state index >= 15 is 0 Å². The lowest BCUT2D eigenvalue weighted by Gasteiger charge is -2.13. The minimum Gasteiger partial charge on any atom is -0.461 e. The van der Waals surface area contributed by atoms with Gasteiger partial charge in [-0.05, 0) is 32.2 Å². The quantitative estimate of drug-likeness (QED) is 0.625. The van der Waals surface area contributed by atoms with E-state index in [1.54, 1.807) is 36.0 Å². The van der Waals surface area contributed by atoms with E-state index in [0.29, 0.717) is 17.9 Å². The summed E-state index contributed by atoms with van der Waals surface area (Å²) >= 11 is 1.60. The molecule has 0 aliphatic heterocycles. The Labute approximate surface area is 123 Å². The predicted molar refractivity (Wildman–Crippen MR) is 82.4 cm³/mol. The van der Waals surface area contributed by atoms with Gasteiger partial charge in [-0.3, -0.25) is 0 Å². The van der Waals surface area contributed by atoms with Gasteiger partial charge in [-0.2, -0.15) is 11.8 Å². The Kier molecular flexibility index (Phi) is 6.93. The summed E-state index contributed by atoms with van der Waals surface area (Å²) in [5, 5.41) is 5.36. The van der Waals surface area contributed by atoms with E-state index in [0.717, 1.165) is 5.75 Å². The predicted octanol–water partition coefficient (Wildman–Crippen LogP) is 2.74. The standard InChI is InChI=1S/C14H20N2O3S/c1-10(2)15-14(18)16-12-7-5-4-6-11(12)13(17)19-8-9-20-3/h4-7,10H,8-9H2,1-3H3,(H2,15,16,18). The van der Waals surface area contributed by atoms with E-state index in [1.165, 1.54) is 0 Å². The summed E-state index contributed by atoms with van der Waals surface area (Å²) in [6.45, 7) is 4.08. The molecule has 20 heavy (non-hydrogen) atoms. The summed E-state index contributed by atoms with van der Waals surface area (Å²) in [4.78, 5) is 23.6. The highest BCUT2D eigenvalue weighted by atomic mass is 32.2. The Morgan fingerprint density at radius 2 is 2.00 bits per heavy atom. The van der Waals surface area contributed by atoms with Crippen LogP contribution in [0.3, 0.4) is 0 Å². The molecule has 1 aromatic rings. The second kappa shape index (κ2) is 8.47. The third-order valence-electron chi connectivity index (χ3n) is 2.34. The lowest BCUT2D eigenvalue weighted by molar-refractivity contribution is 0.0531. The molecule has 0 bridgehead atoms. The van der Waals surface area contributed by atoms with E-state index in [1.807, 2.05) is 20.1 Å². The molecule has 0 atom stereocenters. The number of anilines is 1. The van der Waals surface area contributed by atoms with Crippen molar-refractivity contribution in [1.29, 1.82) is 0 Å². The SMILES string of the molecule is CSCCOC(=O)c1ccccc1NC(=O)NC(C)C. The number of benzene rings is 1. The summed E-state index contributed by atoms with van der Waals surface area (Å²) in [6, 6.07) is 6.47. The van der Waals surface area contributed by atoms with Crippen molar-refractivity contribution in [3.8, 4) is 0 Å². The van der Waals surface area contributed by atoms with Gasteiger partial charge in [0.1, 0.15) is 6.61 Å². The van der Waals surface area contributed by atoms with Crippen molar-refractivity contribution in [2.45, 2.75) is 19.9 Å². The summed E-state index contributed by atoms with van der Waals surface area (Å²) in [5.74, 6) is 0.314. The maximum atomic E-state index is 11.9. The molecule has 0 spiro atoms. The number of carbonyl (C=O) groups is 2. The van der Waals surface area contributed by atoms with Gasteiger partial charge in [0.25, 0.3) is 0 Å². The number of rotatable bonds is 6. The minimum atomic E-state index is -0.431. The summed E-state index contributed by atoms with van der Waals surface area (Å²) in [6.07, 6.45) is 1.94. The topological polar surface area (TPSA) is 67.4 Å². The first-order valence-corrected chi connectivity index (χ1v) is 7.76. The first-order valence-electron chi connectivity index (χ1n) is 6.37. The Balaban J connectivity index is 2.72. The fourth-order valence-corrected chi connectivity index (χ4v) is 1.74. The molecule has 1 aromatic carbocycles. The maximum absolute atomic E-state index is 11.9. The number of esters is 1. The molecule has 0 saturated carbocycles. The highest BCUT2D eigenvalue weighted by molar-refractivity contribution is 7.98. The smallest absolute Gasteiger partial charge is 0.340 e. The summed E-state index contributed by atoms with van der Waals surface area (Å²) in [7, 11) is 0. The zero-order valence-corrected chi connectivity index (χ0v) is 12.8. The van der Waals surface area contributed by atoms with Gasteiger partial charge >= 0.3 is 12.0 Å². The van der Waals surface area contributed by atoms with Gasteiger partial charge in [0.15, 0.2) is 0 Å². The van der Waals surface area contributed by atoms with Crippen LogP contribution in [0.4, 0.5) is 10.5 Å². The number of nitrogens with one attached hydrogen (secondary N) is 2. The summed E-state index contributed by atoms with van der Waals surface area (Å²) < 4.78 is 5.14. The van der Waals surface area contributed by atoms with Crippen molar-refractivity contribution in [3.63, 3.8) is 0 Å². The highest BCUT2D eigenvalue weighted by Crippen LogP contribution is 2.16. The fraction of sp³-hybridized carbons (Fsp3) is 0.429. The molecule has 5 nitrogen and oxygen atoms in total. The number of amides is 2. The fourth-order valence-electron chi connectivity index (χ4n) is 1.49. The zero-order chi connectivity index (χ0) is 15.0. The van der Waals surface area contributed by atoms with Crippen molar-refractivity contribution in [2.75, 3.05) is 23.9 Å². The van der Waals surface area contributed by atoms with Gasteiger partial charge < -0.3 is 15.4 Å². The Hall–Kier alpha value is -1.69. The van der Waals surface area contributed by atoms with Crippen LogP contribution in [0, 0.1) is 0 Å². The largest absolute Gasteiger partial charge is 0.461 e. The van der Waals surface area contributed by atoms with Gasteiger partial charge in [0.05, 0.1) is 11.3 Å². The number of thioether (sulfide) groups is 1. The molecule has 1 rings (SSSR count). The van der Waals surface area contributed by atoms with Crippen LogP contribution in [0.5, 0.6) is 0 Å². The van der Waals surface area contributed by atoms with Gasteiger partial charge in [0.2, 0.25) is 0 Å². The highest BCUT2D eigenvalue weighted by Gasteiger charge is 2.14. The molecule has 0 unspecified atom stereocenters. The molecule has 2 amide bonds. The molecule has 110 valence electrons. The lowest BCUT2D eigenvalue weighted by atomic mass is 10.2. The third-order valence-corrected chi connectivity index (χ3v) is 2.91. The van der Waals surface area contributed by atoms with Crippen molar-refractivity contribution in [1.82, 2.24) is 5.32 Å². The lowest BCUT2D eigenvalue weighted by Crippen LogP contribution is -2.34. The second-order valence-corrected chi connectivity index (χ2v) is 5.41. The van der Waals surface area contributed by atoms with E-state index < -0.39 is 5.97 Å². The number of para-hydroxylation sites is 1. The molecule has 0 aliphatic carbocycles. The molecule has 6 heteroatoms.